The lowest BCUT2D eigenvalue weighted by atomic mass is 9.73. The molecule has 4 rings (SSSR count). The van der Waals surface area contributed by atoms with Crippen molar-refractivity contribution >= 4 is 5.91 Å². The Kier molecular flexibility index (Phi) is 4.90. The molecule has 3 heterocycles. The summed E-state index contributed by atoms with van der Waals surface area (Å²) in [4.78, 5) is 21.0. The van der Waals surface area contributed by atoms with E-state index in [0.29, 0.717) is 30.4 Å². The fourth-order valence-corrected chi connectivity index (χ4v) is 4.77. The van der Waals surface area contributed by atoms with Crippen LogP contribution in [0.2, 0.25) is 0 Å². The quantitative estimate of drug-likeness (QED) is 0.832. The van der Waals surface area contributed by atoms with E-state index >= 15 is 0 Å². The van der Waals surface area contributed by atoms with E-state index in [1.54, 1.807) is 13.1 Å². The van der Waals surface area contributed by atoms with Gasteiger partial charge in [0.1, 0.15) is 6.10 Å². The van der Waals surface area contributed by atoms with E-state index in [1.165, 1.54) is 0 Å². The minimum absolute atomic E-state index is 0.00296. The average molecular weight is 345 g/mol. The van der Waals surface area contributed by atoms with E-state index in [2.05, 4.69) is 9.88 Å². The van der Waals surface area contributed by atoms with Crippen LogP contribution < -0.4 is 4.74 Å². The molecular formula is C19H27N3O3. The molecule has 2 saturated heterocycles. The van der Waals surface area contributed by atoms with Crippen LogP contribution in [0, 0.1) is 5.92 Å². The van der Waals surface area contributed by atoms with Crippen molar-refractivity contribution in [1.29, 1.82) is 0 Å². The van der Waals surface area contributed by atoms with Gasteiger partial charge in [-0.05, 0) is 25.3 Å². The largest absolute Gasteiger partial charge is 0.472 e. The Morgan fingerprint density at radius 2 is 2.12 bits per heavy atom. The monoisotopic (exact) mass is 345 g/mol. The van der Waals surface area contributed by atoms with E-state index in [9.17, 15) is 4.79 Å². The Hall–Kier alpha value is -1.66. The predicted octanol–water partition coefficient (Wildman–Crippen LogP) is 1.56. The fourth-order valence-electron chi connectivity index (χ4n) is 4.77. The van der Waals surface area contributed by atoms with E-state index in [4.69, 9.17) is 9.47 Å². The molecule has 1 amide bonds. The highest BCUT2D eigenvalue weighted by molar-refractivity contribution is 5.73. The van der Waals surface area contributed by atoms with Gasteiger partial charge >= 0.3 is 0 Å². The lowest BCUT2D eigenvalue weighted by molar-refractivity contribution is -0.142. The van der Waals surface area contributed by atoms with Gasteiger partial charge in [-0.3, -0.25) is 9.69 Å². The van der Waals surface area contributed by atoms with Gasteiger partial charge in [0.25, 0.3) is 0 Å². The van der Waals surface area contributed by atoms with E-state index in [-0.39, 0.29) is 12.0 Å². The van der Waals surface area contributed by atoms with Crippen LogP contribution >= 0.6 is 0 Å². The first kappa shape index (κ1) is 16.8. The predicted molar refractivity (Wildman–Crippen MR) is 93.3 cm³/mol. The molecule has 0 N–H and O–H groups in total. The number of ether oxygens (including phenoxy) is 2. The summed E-state index contributed by atoms with van der Waals surface area (Å²) in [5, 5.41) is 0. The minimum Gasteiger partial charge on any atom is -0.472 e. The Morgan fingerprint density at radius 1 is 1.28 bits per heavy atom. The van der Waals surface area contributed by atoms with Gasteiger partial charge in [-0.2, -0.15) is 0 Å². The van der Waals surface area contributed by atoms with Gasteiger partial charge < -0.3 is 14.4 Å². The van der Waals surface area contributed by atoms with Crippen molar-refractivity contribution in [2.45, 2.75) is 44.4 Å². The van der Waals surface area contributed by atoms with Crippen molar-refractivity contribution in [1.82, 2.24) is 14.8 Å². The molecule has 0 unspecified atom stereocenters. The molecule has 1 saturated carbocycles. The molecule has 3 aliphatic rings. The number of amides is 1. The summed E-state index contributed by atoms with van der Waals surface area (Å²) in [6.45, 7) is 5.97. The fraction of sp³-hybridized carbons (Fsp3) is 0.684. The SMILES string of the molecule is CC(=O)N1C[C@H](Oc2ccccn2)[C@H]2C[C@@H]1CC[C@H]2N1CCOCC1. The minimum atomic E-state index is 0.00296. The molecule has 25 heavy (non-hydrogen) atoms. The number of pyridine rings is 1. The maximum atomic E-state index is 12.1. The summed E-state index contributed by atoms with van der Waals surface area (Å²) in [6, 6.07) is 6.61. The van der Waals surface area contributed by atoms with Crippen molar-refractivity contribution in [3.8, 4) is 5.88 Å². The highest BCUT2D eigenvalue weighted by Gasteiger charge is 2.47. The van der Waals surface area contributed by atoms with Crippen molar-refractivity contribution < 1.29 is 14.3 Å². The Bertz CT molecular complexity index is 591. The summed E-state index contributed by atoms with van der Waals surface area (Å²) >= 11 is 0. The molecule has 4 atom stereocenters. The summed E-state index contributed by atoms with van der Waals surface area (Å²) < 4.78 is 11.8. The number of aromatic nitrogens is 1. The van der Waals surface area contributed by atoms with Crippen LogP contribution in [0.5, 0.6) is 5.88 Å². The third kappa shape index (κ3) is 3.51. The first-order chi connectivity index (χ1) is 12.2. The number of likely N-dealkylation sites (tertiary alicyclic amines) is 1. The third-order valence-electron chi connectivity index (χ3n) is 5.96. The molecular weight excluding hydrogens is 318 g/mol. The zero-order valence-electron chi connectivity index (χ0n) is 14.8. The van der Waals surface area contributed by atoms with E-state index in [1.807, 2.05) is 23.1 Å². The maximum absolute atomic E-state index is 12.1. The number of carbonyl (C=O) groups excluding carboxylic acids is 1. The van der Waals surface area contributed by atoms with Crippen LogP contribution in [-0.4, -0.2) is 71.7 Å². The van der Waals surface area contributed by atoms with Crippen molar-refractivity contribution in [3.05, 3.63) is 24.4 Å². The van der Waals surface area contributed by atoms with Crippen molar-refractivity contribution in [2.24, 2.45) is 5.92 Å². The lowest BCUT2D eigenvalue weighted by Crippen LogP contribution is -2.62. The second-order valence-corrected chi connectivity index (χ2v) is 7.34. The van der Waals surface area contributed by atoms with Gasteiger partial charge in [0.2, 0.25) is 11.8 Å². The Morgan fingerprint density at radius 3 is 2.84 bits per heavy atom. The molecule has 1 aromatic heterocycles. The highest BCUT2D eigenvalue weighted by atomic mass is 16.5. The van der Waals surface area contributed by atoms with Crippen molar-refractivity contribution in [2.75, 3.05) is 32.8 Å². The van der Waals surface area contributed by atoms with Gasteiger partial charge in [0.15, 0.2) is 0 Å². The number of hydrogen-bond acceptors (Lipinski definition) is 5. The molecule has 2 aliphatic heterocycles. The van der Waals surface area contributed by atoms with Crippen LogP contribution in [0.1, 0.15) is 26.2 Å². The van der Waals surface area contributed by atoms with Gasteiger partial charge in [-0.15, -0.1) is 0 Å². The van der Waals surface area contributed by atoms with Crippen LogP contribution in [-0.2, 0) is 9.53 Å². The number of fused-ring (bicyclic) bond motifs is 2. The maximum Gasteiger partial charge on any atom is 0.219 e. The third-order valence-corrected chi connectivity index (χ3v) is 5.96. The molecule has 3 fully saturated rings. The van der Waals surface area contributed by atoms with Crippen LogP contribution in [0.25, 0.3) is 0 Å². The highest BCUT2D eigenvalue weighted by Crippen LogP contribution is 2.39. The van der Waals surface area contributed by atoms with Gasteiger partial charge in [-0.25, -0.2) is 4.98 Å². The first-order valence-electron chi connectivity index (χ1n) is 9.39. The second kappa shape index (κ2) is 7.30. The lowest BCUT2D eigenvalue weighted by Gasteiger charge is -2.52. The van der Waals surface area contributed by atoms with Crippen LogP contribution in [0.4, 0.5) is 0 Å². The summed E-state index contributed by atoms with van der Waals surface area (Å²) in [7, 11) is 0. The standard InChI is InChI=1S/C19H27N3O3/c1-14(23)22-13-18(25-19-4-2-3-7-20-19)16-12-15(22)5-6-17(16)21-8-10-24-11-9-21/h2-4,7,15-18H,5-6,8-13H2,1H3/t15-,16-,17+,18-/m0/s1. The van der Waals surface area contributed by atoms with E-state index < -0.39 is 0 Å². The molecule has 6 nitrogen and oxygen atoms in total. The second-order valence-electron chi connectivity index (χ2n) is 7.34. The topological polar surface area (TPSA) is 54.9 Å². The zero-order chi connectivity index (χ0) is 17.2. The number of rotatable bonds is 3. The smallest absolute Gasteiger partial charge is 0.219 e. The van der Waals surface area contributed by atoms with Gasteiger partial charge in [-0.1, -0.05) is 6.07 Å². The molecule has 6 heteroatoms. The molecule has 0 spiro atoms. The Labute approximate surface area is 149 Å². The average Bonchev–Trinajstić information content (AvgIpc) is 2.65. The normalized spacial score (nSPS) is 33.1. The summed E-state index contributed by atoms with van der Waals surface area (Å²) in [6.07, 6.45) is 5.00. The molecule has 0 radical (unpaired) electrons. The molecule has 0 aromatic carbocycles. The van der Waals surface area contributed by atoms with Crippen LogP contribution in [0.15, 0.2) is 24.4 Å². The first-order valence-corrected chi connectivity index (χ1v) is 9.39. The van der Waals surface area contributed by atoms with Crippen LogP contribution in [0.3, 0.4) is 0 Å². The van der Waals surface area contributed by atoms with Gasteiger partial charge in [0, 0.05) is 50.3 Å². The summed E-state index contributed by atoms with van der Waals surface area (Å²) in [5.74, 6) is 1.25. The van der Waals surface area contributed by atoms with Gasteiger partial charge in [0.05, 0.1) is 19.8 Å². The molecule has 1 aliphatic carbocycles. The molecule has 1 aromatic rings. The number of piperidine rings is 1. The van der Waals surface area contributed by atoms with E-state index in [0.717, 1.165) is 45.6 Å². The summed E-state index contributed by atoms with van der Waals surface area (Å²) in [5.41, 5.74) is 0. The molecule has 136 valence electrons. The molecule has 2 bridgehead atoms. The Balaban J connectivity index is 1.55. The zero-order valence-corrected chi connectivity index (χ0v) is 14.8. The van der Waals surface area contributed by atoms with Crippen molar-refractivity contribution in [3.63, 3.8) is 0 Å². The number of morpholine rings is 1. The number of carbonyl (C=O) groups is 1. The number of nitrogens with zero attached hydrogens (tertiary/aromatic N) is 3. The number of hydrogen-bond donors (Lipinski definition) is 0.